The summed E-state index contributed by atoms with van der Waals surface area (Å²) in [5, 5.41) is 0. The van der Waals surface area contributed by atoms with Crippen LogP contribution in [-0.2, 0) is 62.2 Å². The molecule has 2 aliphatic heterocycles. The van der Waals surface area contributed by atoms with Gasteiger partial charge in [-0.05, 0) is 268 Å². The molecule has 0 radical (unpaired) electrons. The molecular formula is C118H187Cl6N4OP2Ru3-. The molecule has 2 saturated heterocycles. The first-order valence-corrected chi connectivity index (χ1v) is 71.4. The molecular weight excluding hydrogens is 2070 g/mol. The van der Waals surface area contributed by atoms with Crippen molar-refractivity contribution in [1.29, 1.82) is 0 Å². The van der Waals surface area contributed by atoms with Gasteiger partial charge in [-0.15, -0.1) is 0 Å². The molecule has 762 valence electrons. The number of hydrogen-bond acceptors (Lipinski definition) is 4. The van der Waals surface area contributed by atoms with Gasteiger partial charge in [0.05, 0.1) is 34.0 Å². The Morgan fingerprint density at radius 3 is 0.858 bits per heavy atom. The summed E-state index contributed by atoms with van der Waals surface area (Å²) in [7, 11) is 34.0. The fraction of sp³-hybridized carbons (Fsp3) is 0.619. The first kappa shape index (κ1) is 121. The maximum atomic E-state index is 5.83. The van der Waals surface area contributed by atoms with E-state index in [0.717, 1.165) is 43.1 Å². The molecule has 0 spiro atoms. The van der Waals surface area contributed by atoms with Crippen LogP contribution in [0.25, 0.3) is 0 Å². The van der Waals surface area contributed by atoms with Gasteiger partial charge in [0.1, 0.15) is 0 Å². The minimum absolute atomic E-state index is 0. The molecule has 0 unspecified atom stereocenters. The van der Waals surface area contributed by atoms with Gasteiger partial charge in [-0.25, -0.2) is 0 Å². The van der Waals surface area contributed by atoms with Gasteiger partial charge < -0.3 is 34.5 Å². The van der Waals surface area contributed by atoms with Crippen molar-refractivity contribution in [2.24, 2.45) is 0 Å². The Labute approximate surface area is 866 Å². The van der Waals surface area contributed by atoms with Crippen LogP contribution in [0.1, 0.15) is 438 Å². The molecule has 5 nitrogen and oxygen atoms in total. The number of aliphatic hydroxyl groups is 1. The number of ether oxygens (including phenoxy) is 1. The van der Waals surface area contributed by atoms with E-state index in [1.807, 2.05) is 102 Å². The molecule has 8 aliphatic rings. The average molecular weight is 2260 g/mol. The van der Waals surface area contributed by atoms with Crippen molar-refractivity contribution in [3.05, 3.63) is 223 Å². The van der Waals surface area contributed by atoms with Gasteiger partial charge in [0.25, 0.3) is 0 Å². The predicted octanol–water partition coefficient (Wildman–Crippen LogP) is 38.1. The number of hydrogen-bond donors (Lipinski definition) is 0. The van der Waals surface area contributed by atoms with Crippen molar-refractivity contribution < 1.29 is 45.3 Å². The molecule has 0 aromatic heterocycles. The molecule has 0 amide bonds. The molecule has 6 aromatic carbocycles. The summed E-state index contributed by atoms with van der Waals surface area (Å²) in [6.07, 6.45) is 49.8. The fourth-order valence-corrected chi connectivity index (χ4v) is 36.6. The Kier molecular flexibility index (Phi) is 54.2. The molecule has 1 N–H and O–H groups in total. The summed E-state index contributed by atoms with van der Waals surface area (Å²) in [4.78, 5) is 9.88. The molecule has 0 bridgehead atoms. The summed E-state index contributed by atoms with van der Waals surface area (Å²) < 4.78 is 10.2. The van der Waals surface area contributed by atoms with E-state index in [1.165, 1.54) is 107 Å². The zero-order chi connectivity index (χ0) is 96.6. The first-order valence-electron chi connectivity index (χ1n) is 51.5. The second kappa shape index (κ2) is 60.2. The normalized spacial score (nSPS) is 18.0. The number of rotatable bonds is 19. The fourth-order valence-electron chi connectivity index (χ4n) is 21.1. The van der Waals surface area contributed by atoms with Gasteiger partial charge in [0, 0.05) is 64.8 Å². The molecule has 14 rings (SSSR count). The summed E-state index contributed by atoms with van der Waals surface area (Å²) >= 11 is -4.88. The third kappa shape index (κ3) is 40.3. The molecule has 6 saturated carbocycles. The van der Waals surface area contributed by atoms with E-state index in [0.29, 0.717) is 23.7 Å². The summed E-state index contributed by atoms with van der Waals surface area (Å²) in [5.74, 6) is 3.03. The Bertz CT molecular complexity index is 4060. The number of anilines is 4. The number of halogens is 6. The van der Waals surface area contributed by atoms with E-state index < -0.39 is 40.6 Å². The Hall–Kier alpha value is -1.86. The van der Waals surface area contributed by atoms with Gasteiger partial charge in [-0.1, -0.05) is 226 Å². The number of allylic oxidation sites excluding steroid dienone is 2. The van der Waals surface area contributed by atoms with Crippen LogP contribution in [0.15, 0.2) is 139 Å². The zero-order valence-corrected chi connectivity index (χ0v) is 100. The van der Waals surface area contributed by atoms with Gasteiger partial charge in [-0.3, -0.25) is 0 Å². The van der Waals surface area contributed by atoms with Crippen molar-refractivity contribution >= 4 is 111 Å². The number of para-hydroxylation sites is 3. The van der Waals surface area contributed by atoms with E-state index in [-0.39, 0.29) is 58.5 Å². The van der Waals surface area contributed by atoms with Crippen molar-refractivity contribution in [3.63, 3.8) is 0 Å². The maximum absolute atomic E-state index is 5.83. The molecule has 6 aromatic rings. The topological polar surface area (TPSA) is 25.8 Å². The van der Waals surface area contributed by atoms with Crippen LogP contribution < -0.4 is 19.6 Å². The summed E-state index contributed by atoms with van der Waals surface area (Å²) in [5.41, 5.74) is 28.1. The second-order valence-corrected chi connectivity index (χ2v) is 69.3. The van der Waals surface area contributed by atoms with Gasteiger partial charge >= 0.3 is 234 Å². The Morgan fingerprint density at radius 1 is 0.343 bits per heavy atom. The second-order valence-electron chi connectivity index (χ2n) is 45.1. The Morgan fingerprint density at radius 2 is 0.612 bits per heavy atom. The number of nitrogens with zero attached hydrogens (tertiary/aromatic N) is 4. The van der Waals surface area contributed by atoms with Crippen LogP contribution in [0.2, 0.25) is 0 Å². The standard InChI is InChI=1S/C31H47N2.C27H39N2.2C18H33P.C10H12O.C7H6.C5H8.2CH3.6ClH.3Ru/c1-28(2,3)22-15-23(29(4,5)6)18-26(17-22)32-13-14-33(21-32)27-19-24(30(7,8)9)16-25(20-27)31(10,11)12;1-18(2)22-11-9-12-23(19(3)4)26(22)28-15-16-29(17-28)27-24(20(5)6)13-10-14-25(27)21(7)8;2*1-4-10-16(11-5-1)19(17-12-6-2-7-13-17)18-14-8-3-9-15-18;1-8(2)11-10-7-5-4-6-9(10)3;1-7-5-3-2-4-6-7;1-4-5(2)3;;;;;;;;;;;/h15-21H,13-14H2,1-12H3;9-14,17-21H,15-16H2,1-8H3;2*16-18H,1-15H2;3-8H,1-2H3;1-6H;1,4H,2-3H3;2*1H3;6*1H;;;/q2*-1;;;;;;2*-1;;;;;;;3*+2/p-3. The summed E-state index contributed by atoms with van der Waals surface area (Å²) in [6.45, 7) is 63.1. The summed E-state index contributed by atoms with van der Waals surface area (Å²) in [6, 6.07) is 45.9. The van der Waals surface area contributed by atoms with E-state index in [2.05, 4.69) is 249 Å². The van der Waals surface area contributed by atoms with Crippen LogP contribution >= 0.6 is 74.0 Å². The third-order valence-electron chi connectivity index (χ3n) is 28.4. The molecule has 134 heavy (non-hydrogen) atoms. The molecule has 6 aliphatic carbocycles. The molecule has 8 fully saturated rings. The SMILES string of the molecule is C1CCC([PH+](C2CCCCC2)C2CCCCC2)CC1.C1CCC([PH+](C2CCCCC2)C2CCCCC2)CC1.CC(C)(C)c1cc(N2[CH-]N(c3cc(C(C)(C)C)cc(C(C)(C)C)c3)CC2)cc(C(C)(C)C)c1.CC(C)=C[CH]=[Ru]([Cl])[Cl].CC(C)[OH+]c1ccccc1[CH]=[Ru]([Cl])[Cl].CC(C)c1cccc(C(C)C)c1N1[CH-]N(c2c(C(C)C)cccc2C(C)C)CC1.[CH3-].[CH3-].[Cl][Ru]([Cl])=[CH]c1ccccc1. The average Bonchev–Trinajstić information content (AvgIpc) is 1.61. The van der Waals surface area contributed by atoms with E-state index >= 15 is 0 Å². The first-order chi connectivity index (χ1) is 62.5. The minimum atomic E-state index is -1.75. The van der Waals surface area contributed by atoms with Gasteiger partial charge in [-0.2, -0.15) is 13.3 Å². The molecule has 0 atom stereocenters. The van der Waals surface area contributed by atoms with Crippen molar-refractivity contribution in [2.45, 2.75) is 444 Å². The number of aromatic hydroxyl groups is 1. The quantitative estimate of drug-likeness (QED) is 0.0349. The van der Waals surface area contributed by atoms with Crippen molar-refractivity contribution in [1.82, 2.24) is 0 Å². The van der Waals surface area contributed by atoms with Gasteiger partial charge in [0.2, 0.25) is 0 Å². The van der Waals surface area contributed by atoms with Crippen molar-refractivity contribution in [3.8, 4) is 5.75 Å². The van der Waals surface area contributed by atoms with Crippen LogP contribution in [0, 0.1) is 28.2 Å². The Balaban J connectivity index is 0.000000250. The molecule has 2 heterocycles. The monoisotopic (exact) mass is 2250 g/mol. The van der Waals surface area contributed by atoms with Crippen LogP contribution in [-0.4, -0.2) is 84.8 Å². The van der Waals surface area contributed by atoms with Crippen molar-refractivity contribution in [2.75, 3.05) is 45.8 Å². The zero-order valence-electron chi connectivity index (χ0n) is 88.5. The van der Waals surface area contributed by atoms with E-state index in [4.69, 9.17) is 58.1 Å². The number of benzene rings is 6. The van der Waals surface area contributed by atoms with Crippen LogP contribution in [0.3, 0.4) is 0 Å². The van der Waals surface area contributed by atoms with E-state index in [9.17, 15) is 0 Å². The molecule has 16 heteroatoms. The van der Waals surface area contributed by atoms with Crippen LogP contribution in [0.5, 0.6) is 5.75 Å². The third-order valence-corrected chi connectivity index (χ3v) is 43.0. The predicted molar refractivity (Wildman–Crippen MR) is 606 cm³/mol. The van der Waals surface area contributed by atoms with Gasteiger partial charge in [0.15, 0.2) is 0 Å². The van der Waals surface area contributed by atoms with E-state index in [1.54, 1.807) is 193 Å². The van der Waals surface area contributed by atoms with Crippen LogP contribution in [0.4, 0.5) is 22.7 Å².